The van der Waals surface area contributed by atoms with Gasteiger partial charge in [0.15, 0.2) is 5.82 Å². The Bertz CT molecular complexity index is 1520. The van der Waals surface area contributed by atoms with Gasteiger partial charge >= 0.3 is 12.2 Å². The van der Waals surface area contributed by atoms with Crippen LogP contribution in [0.1, 0.15) is 43.7 Å². The van der Waals surface area contributed by atoms with E-state index in [1.54, 1.807) is 0 Å². The molecule has 1 N–H and O–H groups in total. The summed E-state index contributed by atoms with van der Waals surface area (Å²) >= 11 is 0. The van der Waals surface area contributed by atoms with Gasteiger partial charge in [-0.3, -0.25) is 0 Å². The van der Waals surface area contributed by atoms with Crippen LogP contribution >= 0.6 is 0 Å². The predicted molar refractivity (Wildman–Crippen MR) is 142 cm³/mol. The summed E-state index contributed by atoms with van der Waals surface area (Å²) in [5, 5.41) is 3.52. The molecule has 2 saturated heterocycles. The molecule has 212 valence electrons. The monoisotopic (exact) mass is 559 g/mol. The molecular formula is C29H30F5N5O. The zero-order valence-electron chi connectivity index (χ0n) is 22.5. The molecule has 0 aliphatic carbocycles. The molecule has 1 unspecified atom stereocenters. The van der Waals surface area contributed by atoms with Crippen LogP contribution in [0.4, 0.5) is 27.8 Å². The average molecular weight is 560 g/mol. The molecule has 11 heteroatoms. The number of nitrogens with one attached hydrogen (secondary N) is 1. The van der Waals surface area contributed by atoms with Gasteiger partial charge in [0.2, 0.25) is 0 Å². The van der Waals surface area contributed by atoms with Crippen LogP contribution < -0.4 is 15.0 Å². The largest absolute Gasteiger partial charge is 0.463 e. The minimum atomic E-state index is -4.66. The fourth-order valence-electron chi connectivity index (χ4n) is 6.32. The van der Waals surface area contributed by atoms with Gasteiger partial charge in [-0.1, -0.05) is 12.1 Å². The SMILES string of the molecule is CC1=C2CC(CN2c2nc(OCC[C@@H]3CCCN3C)nc3c(F)c(-c4cccc(C(F)(F)F)c4C)c(F)cc23)N1. The van der Waals surface area contributed by atoms with Gasteiger partial charge in [0.1, 0.15) is 17.2 Å². The van der Waals surface area contributed by atoms with Crippen molar-refractivity contribution in [1.82, 2.24) is 20.2 Å². The lowest BCUT2D eigenvalue weighted by Gasteiger charge is -2.27. The number of aromatic nitrogens is 2. The quantitative estimate of drug-likeness (QED) is 0.364. The maximum Gasteiger partial charge on any atom is 0.416 e. The summed E-state index contributed by atoms with van der Waals surface area (Å²) in [6.45, 7) is 5.05. The first-order chi connectivity index (χ1) is 19.0. The molecular weight excluding hydrogens is 529 g/mol. The highest BCUT2D eigenvalue weighted by atomic mass is 19.4. The lowest BCUT2D eigenvalue weighted by Crippen LogP contribution is -2.35. The third-order valence-corrected chi connectivity index (χ3v) is 8.38. The fraction of sp³-hybridized carbons (Fsp3) is 0.448. The van der Waals surface area contributed by atoms with Crippen molar-refractivity contribution in [3.8, 4) is 17.1 Å². The van der Waals surface area contributed by atoms with E-state index < -0.39 is 28.9 Å². The zero-order chi connectivity index (χ0) is 28.3. The van der Waals surface area contributed by atoms with Crippen molar-refractivity contribution in [2.45, 2.75) is 57.8 Å². The molecule has 2 aromatic carbocycles. The Kier molecular flexibility index (Phi) is 6.59. The number of ether oxygens (including phenoxy) is 1. The van der Waals surface area contributed by atoms with E-state index in [1.165, 1.54) is 13.0 Å². The van der Waals surface area contributed by atoms with E-state index >= 15 is 8.78 Å². The normalized spacial score (nSPS) is 21.1. The van der Waals surface area contributed by atoms with Crippen LogP contribution in [-0.2, 0) is 6.18 Å². The minimum Gasteiger partial charge on any atom is -0.463 e. The summed E-state index contributed by atoms with van der Waals surface area (Å²) in [6, 6.07) is 4.94. The van der Waals surface area contributed by atoms with Crippen molar-refractivity contribution < 1.29 is 26.7 Å². The molecule has 2 atom stereocenters. The molecule has 4 heterocycles. The molecule has 1 aromatic heterocycles. The molecule has 0 saturated carbocycles. The first kappa shape index (κ1) is 26.7. The third kappa shape index (κ3) is 4.53. The van der Waals surface area contributed by atoms with Crippen molar-refractivity contribution >= 4 is 16.7 Å². The van der Waals surface area contributed by atoms with E-state index in [4.69, 9.17) is 4.74 Å². The number of halogens is 5. The van der Waals surface area contributed by atoms with Crippen LogP contribution in [0.3, 0.4) is 0 Å². The van der Waals surface area contributed by atoms with Crippen LogP contribution in [-0.4, -0.2) is 53.7 Å². The molecule has 6 nitrogen and oxygen atoms in total. The molecule has 3 aliphatic heterocycles. The second-order valence-electron chi connectivity index (χ2n) is 10.9. The summed E-state index contributed by atoms with van der Waals surface area (Å²) in [7, 11) is 2.07. The van der Waals surface area contributed by atoms with E-state index in [0.717, 1.165) is 61.8 Å². The van der Waals surface area contributed by atoms with Gasteiger partial charge in [-0.15, -0.1) is 0 Å². The molecule has 3 aromatic rings. The van der Waals surface area contributed by atoms with E-state index in [9.17, 15) is 13.2 Å². The second-order valence-corrected chi connectivity index (χ2v) is 10.9. The van der Waals surface area contributed by atoms with Gasteiger partial charge < -0.3 is 19.9 Å². The smallest absolute Gasteiger partial charge is 0.416 e. The van der Waals surface area contributed by atoms with E-state index in [-0.39, 0.29) is 34.1 Å². The van der Waals surface area contributed by atoms with Gasteiger partial charge in [-0.2, -0.15) is 23.1 Å². The molecule has 0 spiro atoms. The van der Waals surface area contributed by atoms with Crippen LogP contribution in [0.15, 0.2) is 35.7 Å². The van der Waals surface area contributed by atoms with Gasteiger partial charge in [-0.05, 0) is 70.0 Å². The number of allylic oxidation sites excluding steroid dienone is 1. The number of fused-ring (bicyclic) bond motifs is 3. The van der Waals surface area contributed by atoms with Crippen LogP contribution in [0.2, 0.25) is 0 Å². The number of likely N-dealkylation sites (tertiary alicyclic amines) is 1. The average Bonchev–Trinajstić information content (AvgIpc) is 3.60. The van der Waals surface area contributed by atoms with Gasteiger partial charge in [0.05, 0.1) is 17.7 Å². The van der Waals surface area contributed by atoms with Gasteiger partial charge in [0.25, 0.3) is 0 Å². The highest BCUT2D eigenvalue weighted by Crippen LogP contribution is 2.42. The Hall–Kier alpha value is -3.47. The molecule has 40 heavy (non-hydrogen) atoms. The third-order valence-electron chi connectivity index (χ3n) is 8.38. The Balaban J connectivity index is 1.47. The summed E-state index contributed by atoms with van der Waals surface area (Å²) in [6.07, 6.45) is -0.984. The Labute approximate surface area is 228 Å². The van der Waals surface area contributed by atoms with E-state index in [1.807, 2.05) is 11.8 Å². The van der Waals surface area contributed by atoms with Crippen molar-refractivity contribution in [2.24, 2.45) is 0 Å². The van der Waals surface area contributed by atoms with Gasteiger partial charge in [-0.25, -0.2) is 8.78 Å². The standard InChI is InChI=1S/C29H30F5N5O/c1-15-19(7-4-8-21(15)29(32,33)34)24-22(30)13-20-26(25(24)31)36-28(40-11-9-18-6-5-10-38(18)3)37-27(20)39-14-17-12-23(39)16(2)35-17/h4,7-8,13,17-18,35H,5-6,9-12,14H2,1-3H3/t17?,18-/m0/s1. The molecule has 2 fully saturated rings. The summed E-state index contributed by atoms with van der Waals surface area (Å²) in [4.78, 5) is 13.1. The highest BCUT2D eigenvalue weighted by molar-refractivity contribution is 5.95. The number of hydrogen-bond donors (Lipinski definition) is 1. The number of anilines is 1. The van der Waals surface area contributed by atoms with E-state index in [2.05, 4.69) is 27.2 Å². The first-order valence-electron chi connectivity index (χ1n) is 13.5. The number of benzene rings is 2. The molecule has 0 amide bonds. The van der Waals surface area contributed by atoms with E-state index in [0.29, 0.717) is 25.0 Å². The number of hydrogen-bond acceptors (Lipinski definition) is 6. The van der Waals surface area contributed by atoms with Crippen molar-refractivity contribution in [3.05, 3.63) is 58.4 Å². The zero-order valence-corrected chi connectivity index (χ0v) is 22.5. The lowest BCUT2D eigenvalue weighted by atomic mass is 9.94. The van der Waals surface area contributed by atoms with Crippen LogP contribution in [0.25, 0.3) is 22.0 Å². The van der Waals surface area contributed by atoms with Gasteiger partial charge in [0, 0.05) is 41.8 Å². The predicted octanol–water partition coefficient (Wildman–Crippen LogP) is 6.18. The number of alkyl halides is 3. The second kappa shape index (κ2) is 9.87. The molecule has 0 radical (unpaired) electrons. The Morgan fingerprint density at radius 3 is 2.62 bits per heavy atom. The lowest BCUT2D eigenvalue weighted by molar-refractivity contribution is -0.138. The maximum absolute atomic E-state index is 16.2. The maximum atomic E-state index is 16.2. The molecule has 2 bridgehead atoms. The summed E-state index contributed by atoms with van der Waals surface area (Å²) in [5.74, 6) is -1.71. The van der Waals surface area contributed by atoms with Crippen molar-refractivity contribution in [1.29, 1.82) is 0 Å². The van der Waals surface area contributed by atoms with Crippen LogP contribution in [0.5, 0.6) is 6.01 Å². The first-order valence-corrected chi connectivity index (χ1v) is 13.5. The molecule has 6 rings (SSSR count). The van der Waals surface area contributed by atoms with Crippen molar-refractivity contribution in [2.75, 3.05) is 31.6 Å². The number of nitrogens with zero attached hydrogens (tertiary/aromatic N) is 4. The highest BCUT2D eigenvalue weighted by Gasteiger charge is 2.38. The summed E-state index contributed by atoms with van der Waals surface area (Å²) < 4.78 is 78.6. The fourth-order valence-corrected chi connectivity index (χ4v) is 6.32. The molecule has 3 aliphatic rings. The van der Waals surface area contributed by atoms with Crippen LogP contribution in [0, 0.1) is 18.6 Å². The Morgan fingerprint density at radius 2 is 1.95 bits per heavy atom. The van der Waals surface area contributed by atoms with Crippen molar-refractivity contribution in [3.63, 3.8) is 0 Å². The summed E-state index contributed by atoms with van der Waals surface area (Å²) in [5.41, 5.74) is -0.200. The minimum absolute atomic E-state index is 0.0469. The topological polar surface area (TPSA) is 53.5 Å². The Morgan fingerprint density at radius 1 is 1.15 bits per heavy atom. The number of rotatable bonds is 6.